The number of fused-ring (bicyclic) bond motifs is 1. The number of rotatable bonds is 4. The summed E-state index contributed by atoms with van der Waals surface area (Å²) in [5.41, 5.74) is 2.09. The molecule has 6 heteroatoms. The molecular weight excluding hydrogens is 290 g/mol. The normalized spacial score (nSPS) is 10.8. The third-order valence-corrected chi connectivity index (χ3v) is 3.67. The number of aldehydes is 1. The lowest BCUT2D eigenvalue weighted by Gasteiger charge is -2.05. The van der Waals surface area contributed by atoms with E-state index in [0.717, 1.165) is 11.3 Å². The molecule has 0 aliphatic carbocycles. The van der Waals surface area contributed by atoms with Gasteiger partial charge in [0.15, 0.2) is 11.9 Å². The summed E-state index contributed by atoms with van der Waals surface area (Å²) in [6, 6.07) is 7.72. The molecule has 0 bridgehead atoms. The fourth-order valence-corrected chi connectivity index (χ4v) is 2.34. The van der Waals surface area contributed by atoms with Crippen LogP contribution in [0.25, 0.3) is 11.0 Å². The Morgan fingerprint density at radius 2 is 2.05 bits per heavy atom. The Morgan fingerprint density at radius 3 is 2.71 bits per heavy atom. The van der Waals surface area contributed by atoms with Crippen molar-refractivity contribution in [2.75, 3.05) is 7.11 Å². The van der Waals surface area contributed by atoms with E-state index in [1.165, 1.54) is 6.20 Å². The molecule has 0 N–H and O–H groups in total. The molecule has 3 rings (SSSR count). The lowest BCUT2D eigenvalue weighted by atomic mass is 10.2. The van der Waals surface area contributed by atoms with Gasteiger partial charge in [0.1, 0.15) is 5.75 Å². The van der Waals surface area contributed by atoms with Gasteiger partial charge in [0.2, 0.25) is 0 Å². The molecule has 0 saturated carbocycles. The number of aromatic nitrogens is 3. The average molecular weight is 302 g/mol. The molecule has 0 aliphatic rings. The number of carbonyl (C=O) groups is 1. The monoisotopic (exact) mass is 301 g/mol. The van der Waals surface area contributed by atoms with Crippen molar-refractivity contribution < 1.29 is 9.53 Å². The van der Waals surface area contributed by atoms with Crippen molar-refractivity contribution in [3.05, 3.63) is 52.8 Å². The summed E-state index contributed by atoms with van der Waals surface area (Å²) in [5.74, 6) is 0.806. The van der Waals surface area contributed by atoms with E-state index in [2.05, 4.69) is 10.1 Å². The van der Waals surface area contributed by atoms with Crippen LogP contribution in [0.3, 0.4) is 0 Å². The highest BCUT2D eigenvalue weighted by Gasteiger charge is 2.11. The molecule has 0 fully saturated rings. The Morgan fingerprint density at radius 1 is 1.29 bits per heavy atom. The van der Waals surface area contributed by atoms with Crippen LogP contribution in [-0.2, 0) is 6.54 Å². The summed E-state index contributed by atoms with van der Waals surface area (Å²) in [6.07, 6.45) is 3.78. The minimum absolute atomic E-state index is 0.369. The standard InChI is InChI=1S/C15H12ClN3O2/c1-21-12-4-2-10(3-5-12)8-19-15-13(7-18-19)14(16)11(9-20)6-17-15/h2-7,9H,8H2,1H3. The Balaban J connectivity index is 1.97. The van der Waals surface area contributed by atoms with Gasteiger partial charge in [-0.25, -0.2) is 9.67 Å². The van der Waals surface area contributed by atoms with E-state index in [9.17, 15) is 4.79 Å². The van der Waals surface area contributed by atoms with Gasteiger partial charge in [-0.2, -0.15) is 5.10 Å². The summed E-state index contributed by atoms with van der Waals surface area (Å²) in [7, 11) is 1.63. The second-order valence-electron chi connectivity index (χ2n) is 4.53. The van der Waals surface area contributed by atoms with E-state index >= 15 is 0 Å². The first-order valence-electron chi connectivity index (χ1n) is 6.31. The SMILES string of the molecule is COc1ccc(Cn2ncc3c(Cl)c(C=O)cnc32)cc1. The zero-order valence-electron chi connectivity index (χ0n) is 11.3. The van der Waals surface area contributed by atoms with Crippen LogP contribution in [0.4, 0.5) is 0 Å². The molecule has 2 aromatic heterocycles. The number of nitrogens with zero attached hydrogens (tertiary/aromatic N) is 3. The highest BCUT2D eigenvalue weighted by atomic mass is 35.5. The Bertz CT molecular complexity index is 797. The van der Waals surface area contributed by atoms with E-state index in [1.54, 1.807) is 18.0 Å². The van der Waals surface area contributed by atoms with Crippen molar-refractivity contribution in [3.8, 4) is 5.75 Å². The van der Waals surface area contributed by atoms with Crippen molar-refractivity contribution >= 4 is 28.9 Å². The smallest absolute Gasteiger partial charge is 0.159 e. The minimum Gasteiger partial charge on any atom is -0.497 e. The van der Waals surface area contributed by atoms with Crippen LogP contribution >= 0.6 is 11.6 Å². The van der Waals surface area contributed by atoms with E-state index in [4.69, 9.17) is 16.3 Å². The highest BCUT2D eigenvalue weighted by molar-refractivity contribution is 6.37. The zero-order valence-corrected chi connectivity index (χ0v) is 12.0. The largest absolute Gasteiger partial charge is 0.497 e. The molecule has 0 aliphatic heterocycles. The van der Waals surface area contributed by atoms with E-state index in [-0.39, 0.29) is 0 Å². The fraction of sp³-hybridized carbons (Fsp3) is 0.133. The Labute approximate surface area is 126 Å². The van der Waals surface area contributed by atoms with Gasteiger partial charge in [0.05, 0.1) is 35.8 Å². The molecule has 0 atom stereocenters. The summed E-state index contributed by atoms with van der Waals surface area (Å²) >= 11 is 6.16. The maximum absolute atomic E-state index is 10.9. The molecule has 3 aromatic rings. The number of hydrogen-bond donors (Lipinski definition) is 0. The van der Waals surface area contributed by atoms with Gasteiger partial charge in [-0.3, -0.25) is 4.79 Å². The lowest BCUT2D eigenvalue weighted by Crippen LogP contribution is -2.02. The van der Waals surface area contributed by atoms with Crippen LogP contribution in [-0.4, -0.2) is 28.2 Å². The minimum atomic E-state index is 0.369. The maximum Gasteiger partial charge on any atom is 0.159 e. The number of methoxy groups -OCH3 is 1. The summed E-state index contributed by atoms with van der Waals surface area (Å²) in [5, 5.41) is 5.35. The average Bonchev–Trinajstić information content (AvgIpc) is 2.92. The molecule has 0 amide bonds. The van der Waals surface area contributed by atoms with Crippen molar-refractivity contribution in [1.29, 1.82) is 0 Å². The van der Waals surface area contributed by atoms with E-state index in [1.807, 2.05) is 24.3 Å². The van der Waals surface area contributed by atoms with Crippen LogP contribution in [0.5, 0.6) is 5.75 Å². The quantitative estimate of drug-likeness (QED) is 0.695. The Kier molecular flexibility index (Phi) is 3.58. The van der Waals surface area contributed by atoms with Crippen LogP contribution in [0, 0.1) is 0 Å². The van der Waals surface area contributed by atoms with Crippen molar-refractivity contribution in [2.45, 2.75) is 6.54 Å². The number of benzene rings is 1. The first-order valence-corrected chi connectivity index (χ1v) is 6.69. The first-order chi connectivity index (χ1) is 10.2. The molecule has 0 saturated heterocycles. The molecular formula is C15H12ClN3O2. The predicted molar refractivity (Wildman–Crippen MR) is 80.0 cm³/mol. The second kappa shape index (κ2) is 5.54. The summed E-state index contributed by atoms with van der Waals surface area (Å²) in [6.45, 7) is 0.567. The summed E-state index contributed by atoms with van der Waals surface area (Å²) in [4.78, 5) is 15.1. The van der Waals surface area contributed by atoms with Crippen molar-refractivity contribution in [3.63, 3.8) is 0 Å². The van der Waals surface area contributed by atoms with Gasteiger partial charge in [0.25, 0.3) is 0 Å². The Hall–Kier alpha value is -2.40. The van der Waals surface area contributed by atoms with Gasteiger partial charge in [-0.1, -0.05) is 23.7 Å². The van der Waals surface area contributed by atoms with Gasteiger partial charge in [0, 0.05) is 6.20 Å². The fourth-order valence-electron chi connectivity index (χ4n) is 2.11. The summed E-state index contributed by atoms with van der Waals surface area (Å²) < 4.78 is 6.88. The van der Waals surface area contributed by atoms with Crippen molar-refractivity contribution in [1.82, 2.24) is 14.8 Å². The van der Waals surface area contributed by atoms with Crippen LogP contribution in [0.15, 0.2) is 36.7 Å². The second-order valence-corrected chi connectivity index (χ2v) is 4.91. The third-order valence-electron chi connectivity index (χ3n) is 3.25. The van der Waals surface area contributed by atoms with Gasteiger partial charge >= 0.3 is 0 Å². The number of carbonyl (C=O) groups excluding carboxylic acids is 1. The molecule has 1 aromatic carbocycles. The van der Waals surface area contributed by atoms with E-state index in [0.29, 0.717) is 34.5 Å². The van der Waals surface area contributed by atoms with Gasteiger partial charge in [-0.05, 0) is 17.7 Å². The lowest BCUT2D eigenvalue weighted by molar-refractivity contribution is 0.112. The van der Waals surface area contributed by atoms with E-state index < -0.39 is 0 Å². The third kappa shape index (κ3) is 2.48. The number of ether oxygens (including phenoxy) is 1. The molecule has 5 nitrogen and oxygen atoms in total. The number of pyridine rings is 1. The molecule has 21 heavy (non-hydrogen) atoms. The van der Waals surface area contributed by atoms with Gasteiger partial charge in [-0.15, -0.1) is 0 Å². The molecule has 0 spiro atoms. The molecule has 0 radical (unpaired) electrons. The highest BCUT2D eigenvalue weighted by Crippen LogP contribution is 2.25. The number of halogens is 1. The van der Waals surface area contributed by atoms with Crippen LogP contribution in [0.2, 0.25) is 5.02 Å². The van der Waals surface area contributed by atoms with Crippen LogP contribution in [0.1, 0.15) is 15.9 Å². The maximum atomic E-state index is 10.9. The molecule has 2 heterocycles. The first kappa shape index (κ1) is 13.6. The molecule has 106 valence electrons. The topological polar surface area (TPSA) is 57.0 Å². The van der Waals surface area contributed by atoms with Crippen molar-refractivity contribution in [2.24, 2.45) is 0 Å². The number of hydrogen-bond acceptors (Lipinski definition) is 4. The van der Waals surface area contributed by atoms with Gasteiger partial charge < -0.3 is 4.74 Å². The zero-order chi connectivity index (χ0) is 14.8. The predicted octanol–water partition coefficient (Wildman–Crippen LogP) is 2.95. The van der Waals surface area contributed by atoms with Crippen LogP contribution < -0.4 is 4.74 Å². The molecule has 0 unspecified atom stereocenters.